The molecule has 8 heteroatoms. The standard InChI is InChI=1S/C19H21F3N4O/c20-15-8-16(21)18(22)19(14(15)7-12(23)4-6-27)25-9-13(10-25)26-17(3-5-24-26)11-1-2-11/h3,5-6,8,11-13H,1-2,4,7,9-10,23H2/t12-/m0/s1. The lowest BCUT2D eigenvalue weighted by molar-refractivity contribution is -0.108. The van der Waals surface area contributed by atoms with Crippen molar-refractivity contribution in [1.29, 1.82) is 0 Å². The van der Waals surface area contributed by atoms with Crippen molar-refractivity contribution in [2.75, 3.05) is 18.0 Å². The van der Waals surface area contributed by atoms with Crippen LogP contribution in [0.4, 0.5) is 18.9 Å². The molecule has 144 valence electrons. The van der Waals surface area contributed by atoms with Gasteiger partial charge in [-0.2, -0.15) is 5.10 Å². The Hall–Kier alpha value is -2.35. The zero-order valence-corrected chi connectivity index (χ0v) is 14.7. The normalized spacial score (nSPS) is 18.4. The van der Waals surface area contributed by atoms with E-state index in [-0.39, 0.29) is 30.1 Å². The molecule has 0 amide bonds. The number of rotatable bonds is 7. The number of hydrogen-bond donors (Lipinski definition) is 1. The lowest BCUT2D eigenvalue weighted by Crippen LogP contribution is -2.49. The van der Waals surface area contributed by atoms with Crippen molar-refractivity contribution >= 4 is 12.0 Å². The van der Waals surface area contributed by atoms with Crippen molar-refractivity contribution in [3.05, 3.63) is 47.0 Å². The Kier molecular flexibility index (Phi) is 4.67. The largest absolute Gasteiger partial charge is 0.364 e. The topological polar surface area (TPSA) is 64.2 Å². The van der Waals surface area contributed by atoms with Crippen LogP contribution in [0.15, 0.2) is 18.3 Å². The molecule has 2 aromatic rings. The summed E-state index contributed by atoms with van der Waals surface area (Å²) in [5, 5.41) is 4.37. The van der Waals surface area contributed by atoms with E-state index in [1.807, 2.05) is 10.7 Å². The van der Waals surface area contributed by atoms with Gasteiger partial charge in [0.2, 0.25) is 0 Å². The minimum atomic E-state index is -1.23. The van der Waals surface area contributed by atoms with Crippen LogP contribution in [-0.2, 0) is 11.2 Å². The summed E-state index contributed by atoms with van der Waals surface area (Å²) in [6.07, 6.45) is 4.67. The van der Waals surface area contributed by atoms with Crippen molar-refractivity contribution in [3.8, 4) is 0 Å². The van der Waals surface area contributed by atoms with Crippen LogP contribution >= 0.6 is 0 Å². The molecular weight excluding hydrogens is 357 g/mol. The van der Waals surface area contributed by atoms with Gasteiger partial charge in [0.25, 0.3) is 0 Å². The summed E-state index contributed by atoms with van der Waals surface area (Å²) < 4.78 is 44.7. The summed E-state index contributed by atoms with van der Waals surface area (Å²) >= 11 is 0. The van der Waals surface area contributed by atoms with E-state index >= 15 is 0 Å². The number of aromatic nitrogens is 2. The summed E-state index contributed by atoms with van der Waals surface area (Å²) in [5.74, 6) is -2.62. The molecule has 2 N–H and O–H groups in total. The van der Waals surface area contributed by atoms with Gasteiger partial charge in [-0.1, -0.05) is 0 Å². The van der Waals surface area contributed by atoms with Crippen LogP contribution in [0.25, 0.3) is 0 Å². The van der Waals surface area contributed by atoms with Gasteiger partial charge in [-0.15, -0.1) is 0 Å². The molecule has 2 fully saturated rings. The molecule has 2 aliphatic rings. The quantitative estimate of drug-likeness (QED) is 0.594. The van der Waals surface area contributed by atoms with Gasteiger partial charge in [0, 0.05) is 55.0 Å². The molecule has 1 aromatic heterocycles. The maximum atomic E-state index is 14.5. The molecule has 5 nitrogen and oxygen atoms in total. The van der Waals surface area contributed by atoms with Gasteiger partial charge in [0.15, 0.2) is 11.6 Å². The molecule has 1 aliphatic carbocycles. The maximum Gasteiger partial charge on any atom is 0.182 e. The summed E-state index contributed by atoms with van der Waals surface area (Å²) in [6, 6.07) is 1.92. The molecule has 0 radical (unpaired) electrons. The highest BCUT2D eigenvalue weighted by molar-refractivity contribution is 5.59. The highest BCUT2D eigenvalue weighted by atomic mass is 19.2. The number of nitrogens with two attached hydrogens (primary N) is 1. The van der Waals surface area contributed by atoms with Gasteiger partial charge in [-0.3, -0.25) is 4.68 Å². The average molecular weight is 378 g/mol. The lowest BCUT2D eigenvalue weighted by Gasteiger charge is -2.42. The van der Waals surface area contributed by atoms with Gasteiger partial charge in [0.05, 0.1) is 11.7 Å². The second kappa shape index (κ2) is 6.99. The summed E-state index contributed by atoms with van der Waals surface area (Å²) in [7, 11) is 0. The molecule has 0 unspecified atom stereocenters. The SMILES string of the molecule is N[C@@H](CC=O)Cc1c(F)cc(F)c(F)c1N1CC(n2nccc2C2CC2)C1. The van der Waals surface area contributed by atoms with Crippen molar-refractivity contribution in [2.24, 2.45) is 5.73 Å². The molecule has 2 heterocycles. The lowest BCUT2D eigenvalue weighted by atomic mass is 9.97. The Morgan fingerprint density at radius 1 is 1.26 bits per heavy atom. The molecule has 1 aliphatic heterocycles. The fraction of sp³-hybridized carbons (Fsp3) is 0.474. The molecule has 0 bridgehead atoms. The van der Waals surface area contributed by atoms with Crippen LogP contribution in [-0.4, -0.2) is 35.2 Å². The monoisotopic (exact) mass is 378 g/mol. The second-order valence-corrected chi connectivity index (χ2v) is 7.38. The van der Waals surface area contributed by atoms with Crippen LogP contribution in [0.2, 0.25) is 0 Å². The summed E-state index contributed by atoms with van der Waals surface area (Å²) in [4.78, 5) is 12.3. The van der Waals surface area contributed by atoms with Gasteiger partial charge >= 0.3 is 0 Å². The zero-order chi connectivity index (χ0) is 19.1. The molecule has 1 atom stereocenters. The minimum Gasteiger partial charge on any atom is -0.364 e. The van der Waals surface area contributed by atoms with E-state index in [0.29, 0.717) is 31.4 Å². The van der Waals surface area contributed by atoms with E-state index in [2.05, 4.69) is 5.10 Å². The van der Waals surface area contributed by atoms with Gasteiger partial charge in [-0.25, -0.2) is 13.2 Å². The van der Waals surface area contributed by atoms with Crippen molar-refractivity contribution in [1.82, 2.24) is 9.78 Å². The van der Waals surface area contributed by atoms with E-state index in [9.17, 15) is 18.0 Å². The number of carbonyl (C=O) groups is 1. The molecule has 27 heavy (non-hydrogen) atoms. The maximum absolute atomic E-state index is 14.5. The molecule has 1 saturated carbocycles. The Morgan fingerprint density at radius 3 is 2.67 bits per heavy atom. The third-order valence-corrected chi connectivity index (χ3v) is 5.33. The first-order chi connectivity index (χ1) is 13.0. The van der Waals surface area contributed by atoms with Gasteiger partial charge in [0.1, 0.15) is 12.1 Å². The Morgan fingerprint density at radius 2 is 2.00 bits per heavy atom. The number of hydrogen-bond acceptors (Lipinski definition) is 4. The Balaban J connectivity index is 1.58. The van der Waals surface area contributed by atoms with E-state index in [4.69, 9.17) is 5.73 Å². The first-order valence-electron chi connectivity index (χ1n) is 9.13. The highest BCUT2D eigenvalue weighted by Gasteiger charge is 2.37. The van der Waals surface area contributed by atoms with Gasteiger partial charge in [-0.05, 0) is 25.3 Å². The van der Waals surface area contributed by atoms with Crippen LogP contribution < -0.4 is 10.6 Å². The number of anilines is 1. The minimum absolute atomic E-state index is 0.0181. The summed E-state index contributed by atoms with van der Waals surface area (Å²) in [5.41, 5.74) is 6.91. The zero-order valence-electron chi connectivity index (χ0n) is 14.7. The van der Waals surface area contributed by atoms with Crippen molar-refractivity contribution < 1.29 is 18.0 Å². The molecule has 0 spiro atoms. The first-order valence-corrected chi connectivity index (χ1v) is 9.13. The number of carbonyl (C=O) groups excluding carboxylic acids is 1. The van der Waals surface area contributed by atoms with E-state index in [1.165, 1.54) is 5.69 Å². The predicted molar refractivity (Wildman–Crippen MR) is 94.1 cm³/mol. The molecule has 4 rings (SSSR count). The van der Waals surface area contributed by atoms with Gasteiger partial charge < -0.3 is 15.4 Å². The van der Waals surface area contributed by atoms with Crippen LogP contribution in [0, 0.1) is 17.5 Å². The number of halogens is 3. The molecular formula is C19H21F3N4O. The van der Waals surface area contributed by atoms with E-state index in [0.717, 1.165) is 12.8 Å². The first kappa shape index (κ1) is 18.0. The molecule has 1 aromatic carbocycles. The second-order valence-electron chi connectivity index (χ2n) is 7.38. The highest BCUT2D eigenvalue weighted by Crippen LogP contribution is 2.42. The summed E-state index contributed by atoms with van der Waals surface area (Å²) in [6.45, 7) is 0.828. The van der Waals surface area contributed by atoms with Crippen LogP contribution in [0.5, 0.6) is 0 Å². The molecule has 1 saturated heterocycles. The van der Waals surface area contributed by atoms with Crippen LogP contribution in [0.3, 0.4) is 0 Å². The van der Waals surface area contributed by atoms with Crippen molar-refractivity contribution in [2.45, 2.75) is 43.7 Å². The predicted octanol–water partition coefficient (Wildman–Crippen LogP) is 2.70. The Bertz CT molecular complexity index is 859. The van der Waals surface area contributed by atoms with Crippen molar-refractivity contribution in [3.63, 3.8) is 0 Å². The van der Waals surface area contributed by atoms with Crippen LogP contribution in [0.1, 0.15) is 42.5 Å². The number of benzene rings is 1. The van der Waals surface area contributed by atoms with E-state index < -0.39 is 23.5 Å². The fourth-order valence-corrected chi connectivity index (χ4v) is 3.74. The number of aldehydes is 1. The number of nitrogens with zero attached hydrogens (tertiary/aromatic N) is 3. The fourth-order valence-electron chi connectivity index (χ4n) is 3.74. The third-order valence-electron chi connectivity index (χ3n) is 5.33. The Labute approximate surface area is 154 Å². The van der Waals surface area contributed by atoms with E-state index in [1.54, 1.807) is 11.1 Å². The third kappa shape index (κ3) is 3.34. The smallest absolute Gasteiger partial charge is 0.182 e. The average Bonchev–Trinajstić information content (AvgIpc) is 3.32.